The summed E-state index contributed by atoms with van der Waals surface area (Å²) >= 11 is 1.54. The van der Waals surface area contributed by atoms with E-state index in [0.29, 0.717) is 23.0 Å². The van der Waals surface area contributed by atoms with E-state index in [1.54, 1.807) is 52.5 Å². The standard InChI is InChI=1S/C23H16N6O4S/c1-12-9-13(2)25-23-18(12)19-20(34-23)22-26-21(27-28(22)11-24-19)17-8-7-14(33-17)10-32-16-6-4-3-5-15(16)29(30)31/h3-9,11H,10H2,1-2H3. The monoisotopic (exact) mass is 472 g/mol. The molecule has 0 aliphatic carbocycles. The van der Waals surface area contributed by atoms with Gasteiger partial charge in [0.25, 0.3) is 0 Å². The first-order chi connectivity index (χ1) is 16.5. The Morgan fingerprint density at radius 3 is 2.88 bits per heavy atom. The molecule has 0 saturated carbocycles. The number of hydrogen-bond acceptors (Lipinski definition) is 9. The minimum Gasteiger partial charge on any atom is -0.479 e. The zero-order valence-corrected chi connectivity index (χ0v) is 18.9. The maximum Gasteiger partial charge on any atom is 0.310 e. The number of nitrogens with zero attached hydrogens (tertiary/aromatic N) is 6. The molecule has 0 aliphatic heterocycles. The molecule has 11 heteroatoms. The molecule has 0 fully saturated rings. The number of fused-ring (bicyclic) bond motifs is 5. The number of para-hydroxylation sites is 2. The van der Waals surface area contributed by atoms with Crippen LogP contribution in [0.15, 0.2) is 53.2 Å². The van der Waals surface area contributed by atoms with Gasteiger partial charge in [-0.05, 0) is 43.7 Å². The van der Waals surface area contributed by atoms with Crippen LogP contribution >= 0.6 is 11.3 Å². The summed E-state index contributed by atoms with van der Waals surface area (Å²) in [4.78, 5) is 25.6. The Kier molecular flexibility index (Phi) is 4.52. The molecule has 6 aromatic rings. The van der Waals surface area contributed by atoms with Gasteiger partial charge >= 0.3 is 5.69 Å². The fourth-order valence-electron chi connectivity index (χ4n) is 3.93. The molecule has 168 valence electrons. The molecular formula is C23H16N6O4S. The predicted molar refractivity (Wildman–Crippen MR) is 126 cm³/mol. The molecular weight excluding hydrogens is 456 g/mol. The molecule has 0 spiro atoms. The number of thiophene rings is 1. The normalized spacial score (nSPS) is 11.6. The highest BCUT2D eigenvalue weighted by molar-refractivity contribution is 7.26. The first-order valence-electron chi connectivity index (χ1n) is 10.3. The van der Waals surface area contributed by atoms with Gasteiger partial charge in [-0.25, -0.2) is 19.5 Å². The van der Waals surface area contributed by atoms with E-state index in [4.69, 9.17) is 14.1 Å². The van der Waals surface area contributed by atoms with Crippen LogP contribution in [0.25, 0.3) is 37.7 Å². The largest absolute Gasteiger partial charge is 0.479 e. The van der Waals surface area contributed by atoms with E-state index < -0.39 is 4.92 Å². The lowest BCUT2D eigenvalue weighted by molar-refractivity contribution is -0.386. The van der Waals surface area contributed by atoms with Gasteiger partial charge in [0.05, 0.1) is 10.4 Å². The lowest BCUT2D eigenvalue weighted by Gasteiger charge is -2.04. The highest BCUT2D eigenvalue weighted by atomic mass is 32.1. The van der Waals surface area contributed by atoms with Crippen LogP contribution in [0, 0.1) is 24.0 Å². The number of benzene rings is 1. The van der Waals surface area contributed by atoms with Gasteiger partial charge in [0.2, 0.25) is 5.82 Å². The molecule has 0 radical (unpaired) electrons. The van der Waals surface area contributed by atoms with Crippen LogP contribution < -0.4 is 4.74 Å². The van der Waals surface area contributed by atoms with Crippen LogP contribution in [-0.4, -0.2) is 29.5 Å². The minimum atomic E-state index is -0.482. The first-order valence-corrected chi connectivity index (χ1v) is 11.2. The zero-order chi connectivity index (χ0) is 23.4. The van der Waals surface area contributed by atoms with E-state index in [0.717, 1.165) is 31.7 Å². The Bertz CT molecular complexity index is 1730. The van der Waals surface area contributed by atoms with Gasteiger partial charge in [0.1, 0.15) is 28.2 Å². The quantitative estimate of drug-likeness (QED) is 0.246. The van der Waals surface area contributed by atoms with E-state index in [9.17, 15) is 10.1 Å². The summed E-state index contributed by atoms with van der Waals surface area (Å²) in [6.07, 6.45) is 1.64. The van der Waals surface area contributed by atoms with Crippen molar-refractivity contribution in [1.82, 2.24) is 24.6 Å². The molecule has 34 heavy (non-hydrogen) atoms. The van der Waals surface area contributed by atoms with Crippen molar-refractivity contribution < 1.29 is 14.1 Å². The number of hydrogen-bond donors (Lipinski definition) is 0. The Hall–Kier alpha value is -4.38. The van der Waals surface area contributed by atoms with Gasteiger partial charge in [-0.1, -0.05) is 12.1 Å². The number of rotatable bonds is 5. The number of aromatic nitrogens is 5. The number of nitro benzene ring substituents is 1. The molecule has 5 heterocycles. The average molecular weight is 472 g/mol. The second-order valence-electron chi connectivity index (χ2n) is 7.77. The SMILES string of the molecule is Cc1cc(C)c2c(n1)sc1c2ncn2nc(-c3ccc(COc4ccccc4[N+](=O)[O-])o3)nc12. The molecule has 0 atom stereocenters. The van der Waals surface area contributed by atoms with Gasteiger partial charge in [-0.15, -0.1) is 16.4 Å². The number of ether oxygens (including phenoxy) is 1. The summed E-state index contributed by atoms with van der Waals surface area (Å²) in [6.45, 7) is 4.06. The average Bonchev–Trinajstić information content (AvgIpc) is 3.53. The molecule has 0 amide bonds. The van der Waals surface area contributed by atoms with Crippen molar-refractivity contribution in [2.24, 2.45) is 0 Å². The van der Waals surface area contributed by atoms with E-state index in [-0.39, 0.29) is 18.0 Å². The third-order valence-electron chi connectivity index (χ3n) is 5.41. The molecule has 1 aromatic carbocycles. The van der Waals surface area contributed by atoms with Gasteiger partial charge in [0.15, 0.2) is 17.2 Å². The Morgan fingerprint density at radius 1 is 1.18 bits per heavy atom. The fraction of sp³-hybridized carbons (Fsp3) is 0.130. The fourth-order valence-corrected chi connectivity index (χ4v) is 5.15. The van der Waals surface area contributed by atoms with E-state index in [1.165, 1.54) is 6.07 Å². The van der Waals surface area contributed by atoms with Crippen LogP contribution in [0.2, 0.25) is 0 Å². The van der Waals surface area contributed by atoms with Gasteiger partial charge < -0.3 is 9.15 Å². The number of pyridine rings is 1. The molecule has 0 saturated heterocycles. The summed E-state index contributed by atoms with van der Waals surface area (Å²) in [5.41, 5.74) is 3.51. The zero-order valence-electron chi connectivity index (χ0n) is 18.1. The van der Waals surface area contributed by atoms with Crippen LogP contribution in [0.3, 0.4) is 0 Å². The van der Waals surface area contributed by atoms with Gasteiger partial charge in [-0.2, -0.15) is 0 Å². The van der Waals surface area contributed by atoms with Crippen molar-refractivity contribution >= 4 is 43.1 Å². The number of furan rings is 1. The lowest BCUT2D eigenvalue weighted by Crippen LogP contribution is -1.97. The topological polar surface area (TPSA) is 121 Å². The minimum absolute atomic E-state index is 0.0324. The van der Waals surface area contributed by atoms with Crippen molar-refractivity contribution in [2.75, 3.05) is 0 Å². The first kappa shape index (κ1) is 20.2. The Morgan fingerprint density at radius 2 is 2.03 bits per heavy atom. The molecule has 0 N–H and O–H groups in total. The lowest BCUT2D eigenvalue weighted by atomic mass is 10.1. The molecule has 6 rings (SSSR count). The summed E-state index contributed by atoms with van der Waals surface area (Å²) in [5, 5.41) is 16.7. The molecule has 0 aliphatic rings. The summed E-state index contributed by atoms with van der Waals surface area (Å²) in [6, 6.07) is 11.7. The van der Waals surface area contributed by atoms with Crippen LogP contribution in [0.5, 0.6) is 5.75 Å². The summed E-state index contributed by atoms with van der Waals surface area (Å²) < 4.78 is 14.0. The second kappa shape index (κ2) is 7.59. The number of nitro groups is 1. The van der Waals surface area contributed by atoms with E-state index in [1.807, 2.05) is 13.0 Å². The smallest absolute Gasteiger partial charge is 0.310 e. The Balaban J connectivity index is 1.34. The predicted octanol–water partition coefficient (Wildman–Crippen LogP) is 5.25. The van der Waals surface area contributed by atoms with Crippen molar-refractivity contribution in [3.8, 4) is 17.3 Å². The molecule has 0 unspecified atom stereocenters. The molecule has 5 aromatic heterocycles. The summed E-state index contributed by atoms with van der Waals surface area (Å²) in [5.74, 6) is 1.54. The second-order valence-corrected chi connectivity index (χ2v) is 8.77. The van der Waals surface area contributed by atoms with Gasteiger partial charge in [-0.3, -0.25) is 10.1 Å². The molecule has 0 bridgehead atoms. The van der Waals surface area contributed by atoms with Crippen molar-refractivity contribution in [2.45, 2.75) is 20.5 Å². The summed E-state index contributed by atoms with van der Waals surface area (Å²) in [7, 11) is 0. The van der Waals surface area contributed by atoms with Crippen LogP contribution in [0.1, 0.15) is 17.0 Å². The van der Waals surface area contributed by atoms with Gasteiger partial charge in [0, 0.05) is 17.1 Å². The van der Waals surface area contributed by atoms with Crippen LogP contribution in [-0.2, 0) is 6.61 Å². The van der Waals surface area contributed by atoms with Crippen LogP contribution in [0.4, 0.5) is 5.69 Å². The Labute approximate surface area is 195 Å². The third-order valence-corrected chi connectivity index (χ3v) is 6.48. The highest BCUT2D eigenvalue weighted by Gasteiger charge is 2.19. The van der Waals surface area contributed by atoms with E-state index >= 15 is 0 Å². The number of aryl methyl sites for hydroxylation is 2. The maximum atomic E-state index is 11.2. The third kappa shape index (κ3) is 3.25. The van der Waals surface area contributed by atoms with Crippen molar-refractivity contribution in [3.05, 3.63) is 75.9 Å². The maximum absolute atomic E-state index is 11.2. The van der Waals surface area contributed by atoms with Crippen molar-refractivity contribution in [3.63, 3.8) is 0 Å². The molecule has 10 nitrogen and oxygen atoms in total. The van der Waals surface area contributed by atoms with Crippen molar-refractivity contribution in [1.29, 1.82) is 0 Å². The highest BCUT2D eigenvalue weighted by Crippen LogP contribution is 2.36. The van der Waals surface area contributed by atoms with E-state index in [2.05, 4.69) is 22.0 Å².